The first-order valence-corrected chi connectivity index (χ1v) is 6.00. The van der Waals surface area contributed by atoms with Gasteiger partial charge >= 0.3 is 0 Å². The highest BCUT2D eigenvalue weighted by Gasteiger charge is 2.15. The van der Waals surface area contributed by atoms with Crippen molar-refractivity contribution in [2.24, 2.45) is 5.73 Å². The molecule has 1 aromatic carbocycles. The number of para-hydroxylation sites is 1. The number of benzene rings is 1. The first-order valence-electron chi connectivity index (χ1n) is 6.00. The second kappa shape index (κ2) is 5.95. The predicted molar refractivity (Wildman–Crippen MR) is 72.5 cm³/mol. The van der Waals surface area contributed by atoms with Crippen LogP contribution >= 0.6 is 0 Å². The van der Waals surface area contributed by atoms with Gasteiger partial charge in [0, 0.05) is 13.6 Å². The molecule has 0 radical (unpaired) electrons. The van der Waals surface area contributed by atoms with Crippen molar-refractivity contribution in [1.82, 2.24) is 15.0 Å². The van der Waals surface area contributed by atoms with Crippen LogP contribution in [0.3, 0.4) is 0 Å². The number of nitriles is 1. The normalized spacial score (nSPS) is 10.1. The first-order chi connectivity index (χ1) is 9.65. The number of rotatable bonds is 4. The van der Waals surface area contributed by atoms with Crippen molar-refractivity contribution >= 4 is 11.6 Å². The van der Waals surface area contributed by atoms with Crippen LogP contribution in [0.15, 0.2) is 30.5 Å². The summed E-state index contributed by atoms with van der Waals surface area (Å²) in [6, 6.07) is 8.99. The summed E-state index contributed by atoms with van der Waals surface area (Å²) in [4.78, 5) is 13.6. The van der Waals surface area contributed by atoms with Crippen molar-refractivity contribution < 1.29 is 4.79 Å². The molecule has 102 valence electrons. The largest absolute Gasteiger partial charge is 0.325 e. The Hall–Kier alpha value is -2.72. The summed E-state index contributed by atoms with van der Waals surface area (Å²) in [7, 11) is 1.62. The Morgan fingerprint density at radius 2 is 2.25 bits per heavy atom. The lowest BCUT2D eigenvalue weighted by Gasteiger charge is -2.18. The number of likely N-dealkylation sites (N-methyl/N-ethyl adjacent to an activating group) is 1. The van der Waals surface area contributed by atoms with Gasteiger partial charge in [0.1, 0.15) is 12.6 Å². The third-order valence-corrected chi connectivity index (χ3v) is 2.85. The highest BCUT2D eigenvalue weighted by molar-refractivity contribution is 5.93. The smallest absolute Gasteiger partial charge is 0.248 e. The van der Waals surface area contributed by atoms with Gasteiger partial charge in [0.25, 0.3) is 0 Å². The molecule has 0 bridgehead atoms. The standard InChI is InChI=1S/C13H14N6O/c1-18(12-5-3-2-4-10(12)6-14)13(20)9-19-8-11(7-15)16-17-19/h2-5,8H,7,9,15H2,1H3. The fourth-order valence-corrected chi connectivity index (χ4v) is 1.75. The van der Waals surface area contributed by atoms with Gasteiger partial charge in [-0.1, -0.05) is 17.3 Å². The molecule has 7 nitrogen and oxygen atoms in total. The van der Waals surface area contributed by atoms with Crippen LogP contribution in [0.5, 0.6) is 0 Å². The summed E-state index contributed by atoms with van der Waals surface area (Å²) < 4.78 is 1.43. The number of nitrogens with two attached hydrogens (primary N) is 1. The van der Waals surface area contributed by atoms with Crippen molar-refractivity contribution in [3.8, 4) is 6.07 Å². The molecule has 0 spiro atoms. The van der Waals surface area contributed by atoms with Crippen LogP contribution in [0.1, 0.15) is 11.3 Å². The molecular weight excluding hydrogens is 256 g/mol. The average Bonchev–Trinajstić information content (AvgIpc) is 2.94. The minimum atomic E-state index is -0.193. The van der Waals surface area contributed by atoms with E-state index >= 15 is 0 Å². The highest BCUT2D eigenvalue weighted by Crippen LogP contribution is 2.18. The zero-order chi connectivity index (χ0) is 14.5. The molecule has 1 amide bonds. The Labute approximate surface area is 116 Å². The number of aromatic nitrogens is 3. The quantitative estimate of drug-likeness (QED) is 0.859. The number of carbonyl (C=O) groups is 1. The highest BCUT2D eigenvalue weighted by atomic mass is 16.2. The first kappa shape index (κ1) is 13.7. The molecule has 0 aliphatic carbocycles. The summed E-state index contributed by atoms with van der Waals surface area (Å²) >= 11 is 0. The van der Waals surface area contributed by atoms with Gasteiger partial charge in [0.15, 0.2) is 0 Å². The third-order valence-electron chi connectivity index (χ3n) is 2.85. The molecule has 0 unspecified atom stereocenters. The molecule has 2 N–H and O–H groups in total. The number of amides is 1. The number of carbonyl (C=O) groups excluding carboxylic acids is 1. The molecule has 2 aromatic rings. The SMILES string of the molecule is CN(C(=O)Cn1cc(CN)nn1)c1ccccc1C#N. The number of anilines is 1. The van der Waals surface area contributed by atoms with Crippen molar-refractivity contribution in [2.75, 3.05) is 11.9 Å². The van der Waals surface area contributed by atoms with E-state index in [9.17, 15) is 4.79 Å². The molecular formula is C13H14N6O. The zero-order valence-corrected chi connectivity index (χ0v) is 11.0. The Bertz CT molecular complexity index is 657. The summed E-state index contributed by atoms with van der Waals surface area (Å²) in [6.45, 7) is 0.324. The fraction of sp³-hybridized carbons (Fsp3) is 0.231. The van der Waals surface area contributed by atoms with Gasteiger partial charge in [-0.15, -0.1) is 5.10 Å². The monoisotopic (exact) mass is 270 g/mol. The maximum atomic E-state index is 12.2. The van der Waals surface area contributed by atoms with Crippen LogP contribution in [-0.2, 0) is 17.9 Å². The van der Waals surface area contributed by atoms with E-state index in [0.717, 1.165) is 0 Å². The van der Waals surface area contributed by atoms with E-state index in [1.54, 1.807) is 37.5 Å². The van der Waals surface area contributed by atoms with Crippen molar-refractivity contribution in [3.63, 3.8) is 0 Å². The van der Waals surface area contributed by atoms with E-state index in [4.69, 9.17) is 11.0 Å². The topological polar surface area (TPSA) is 101 Å². The van der Waals surface area contributed by atoms with Crippen LogP contribution in [-0.4, -0.2) is 27.9 Å². The van der Waals surface area contributed by atoms with E-state index in [1.807, 2.05) is 0 Å². The Morgan fingerprint density at radius 1 is 1.50 bits per heavy atom. The Morgan fingerprint density at radius 3 is 2.90 bits per heavy atom. The summed E-state index contributed by atoms with van der Waals surface area (Å²) in [5, 5.41) is 16.7. The van der Waals surface area contributed by atoms with Crippen LogP contribution in [0.25, 0.3) is 0 Å². The van der Waals surface area contributed by atoms with Crippen LogP contribution in [0.2, 0.25) is 0 Å². The molecule has 0 saturated carbocycles. The van der Waals surface area contributed by atoms with Crippen LogP contribution in [0.4, 0.5) is 5.69 Å². The molecule has 7 heteroatoms. The molecule has 1 aromatic heterocycles. The van der Waals surface area contributed by atoms with Gasteiger partial charge in [-0.2, -0.15) is 5.26 Å². The second-order valence-corrected chi connectivity index (χ2v) is 4.19. The third kappa shape index (κ3) is 2.81. The van der Waals surface area contributed by atoms with Gasteiger partial charge in [-0.05, 0) is 12.1 Å². The van der Waals surface area contributed by atoms with E-state index in [0.29, 0.717) is 16.9 Å². The van der Waals surface area contributed by atoms with Gasteiger partial charge in [-0.25, -0.2) is 4.68 Å². The lowest BCUT2D eigenvalue weighted by molar-refractivity contribution is -0.119. The van der Waals surface area contributed by atoms with Crippen molar-refractivity contribution in [1.29, 1.82) is 5.26 Å². The molecule has 20 heavy (non-hydrogen) atoms. The van der Waals surface area contributed by atoms with Gasteiger partial charge < -0.3 is 10.6 Å². The molecule has 1 heterocycles. The number of nitrogens with zero attached hydrogens (tertiary/aromatic N) is 5. The van der Waals surface area contributed by atoms with E-state index in [1.165, 1.54) is 9.58 Å². The van der Waals surface area contributed by atoms with Gasteiger partial charge in [-0.3, -0.25) is 4.79 Å². The molecule has 0 atom stereocenters. The van der Waals surface area contributed by atoms with Crippen molar-refractivity contribution in [2.45, 2.75) is 13.1 Å². The van der Waals surface area contributed by atoms with E-state index in [2.05, 4.69) is 16.4 Å². The van der Waals surface area contributed by atoms with Gasteiger partial charge in [0.2, 0.25) is 5.91 Å². The lowest BCUT2D eigenvalue weighted by atomic mass is 10.2. The lowest BCUT2D eigenvalue weighted by Crippen LogP contribution is -2.30. The minimum Gasteiger partial charge on any atom is -0.325 e. The predicted octanol–water partition coefficient (Wildman–Crippen LogP) is 0.271. The maximum absolute atomic E-state index is 12.2. The summed E-state index contributed by atoms with van der Waals surface area (Å²) in [6.07, 6.45) is 1.63. The number of hydrogen-bond donors (Lipinski definition) is 1. The molecule has 0 aliphatic rings. The Balaban J connectivity index is 2.14. The molecule has 2 rings (SSSR count). The van der Waals surface area contributed by atoms with E-state index < -0.39 is 0 Å². The number of hydrogen-bond acceptors (Lipinski definition) is 5. The fourth-order valence-electron chi connectivity index (χ4n) is 1.75. The van der Waals surface area contributed by atoms with Gasteiger partial charge in [0.05, 0.1) is 23.1 Å². The molecule has 0 aliphatic heterocycles. The van der Waals surface area contributed by atoms with E-state index in [-0.39, 0.29) is 19.0 Å². The average molecular weight is 270 g/mol. The zero-order valence-electron chi connectivity index (χ0n) is 11.0. The minimum absolute atomic E-state index is 0.0449. The Kier molecular flexibility index (Phi) is 4.08. The summed E-state index contributed by atoms with van der Waals surface area (Å²) in [5.41, 5.74) is 7.08. The maximum Gasteiger partial charge on any atom is 0.248 e. The molecule has 0 saturated heterocycles. The summed E-state index contributed by atoms with van der Waals surface area (Å²) in [5.74, 6) is -0.193. The van der Waals surface area contributed by atoms with Crippen LogP contribution in [0, 0.1) is 11.3 Å². The second-order valence-electron chi connectivity index (χ2n) is 4.19. The molecule has 0 fully saturated rings. The van der Waals surface area contributed by atoms with Crippen molar-refractivity contribution in [3.05, 3.63) is 41.7 Å². The van der Waals surface area contributed by atoms with Crippen LogP contribution < -0.4 is 10.6 Å².